The van der Waals surface area contributed by atoms with E-state index in [0.29, 0.717) is 11.1 Å². The van der Waals surface area contributed by atoms with Gasteiger partial charge < -0.3 is 53.5 Å². The van der Waals surface area contributed by atoms with Crippen LogP contribution in [0.5, 0.6) is 5.75 Å². The van der Waals surface area contributed by atoms with Crippen LogP contribution in [0.1, 0.15) is 36.8 Å². The lowest BCUT2D eigenvalue weighted by atomic mass is 10.0. The zero-order valence-corrected chi connectivity index (χ0v) is 25.5. The molecule has 0 aliphatic heterocycles. The third-order valence-electron chi connectivity index (χ3n) is 7.31. The molecule has 0 aliphatic rings. The van der Waals surface area contributed by atoms with Gasteiger partial charge in [-0.2, -0.15) is 0 Å². The number of nitrogens with two attached hydrogens (primary N) is 3. The number of carbonyl (C=O) groups is 5. The first-order valence-electron chi connectivity index (χ1n) is 14.8. The summed E-state index contributed by atoms with van der Waals surface area (Å²) in [4.78, 5) is 70.1. The third kappa shape index (κ3) is 11.3. The van der Waals surface area contributed by atoms with Crippen molar-refractivity contribution in [1.82, 2.24) is 20.9 Å². The van der Waals surface area contributed by atoms with E-state index in [4.69, 9.17) is 22.3 Å². The van der Waals surface area contributed by atoms with Crippen molar-refractivity contribution in [2.45, 2.75) is 62.7 Å². The van der Waals surface area contributed by atoms with E-state index in [0.717, 1.165) is 10.9 Å². The number of fused-ring (bicyclic) bond motifs is 1. The summed E-state index contributed by atoms with van der Waals surface area (Å²) in [6.45, 7) is 0.124. The Hall–Kier alpha value is -5.64. The number of hydrogen-bond acceptors (Lipinski definition) is 8. The van der Waals surface area contributed by atoms with Gasteiger partial charge in [0.15, 0.2) is 5.96 Å². The van der Waals surface area contributed by atoms with Crippen molar-refractivity contribution < 1.29 is 39.3 Å². The molecule has 1 heterocycles. The number of carboxylic acids is 2. The van der Waals surface area contributed by atoms with Crippen molar-refractivity contribution in [1.29, 1.82) is 0 Å². The lowest BCUT2D eigenvalue weighted by Crippen LogP contribution is -2.57. The fourth-order valence-corrected chi connectivity index (χ4v) is 4.80. The minimum atomic E-state index is -1.36. The Kier molecular flexibility index (Phi) is 13.1. The number of amides is 3. The maximum Gasteiger partial charge on any atom is 0.326 e. The largest absolute Gasteiger partial charge is 0.508 e. The maximum atomic E-state index is 13.6. The molecule has 3 amide bonds. The number of aromatic amines is 1. The highest BCUT2D eigenvalue weighted by molar-refractivity contribution is 5.94. The Morgan fingerprint density at radius 3 is 2.11 bits per heavy atom. The molecular weight excluding hydrogens is 612 g/mol. The number of H-pyrrole nitrogens is 1. The number of phenols is 1. The summed E-state index contributed by atoms with van der Waals surface area (Å²) in [6, 6.07) is 8.05. The van der Waals surface area contributed by atoms with Crippen LogP contribution in [0.25, 0.3) is 10.9 Å². The number of hydrogen-bond donors (Lipinski definition) is 10. The molecular formula is C31H40N8O8. The summed E-state index contributed by atoms with van der Waals surface area (Å²) in [5, 5.41) is 37.1. The lowest BCUT2D eigenvalue weighted by molar-refractivity contribution is -0.142. The molecule has 252 valence electrons. The molecule has 4 unspecified atom stereocenters. The highest BCUT2D eigenvalue weighted by Gasteiger charge is 2.31. The van der Waals surface area contributed by atoms with E-state index >= 15 is 0 Å². The van der Waals surface area contributed by atoms with Crippen LogP contribution >= 0.6 is 0 Å². The van der Waals surface area contributed by atoms with Gasteiger partial charge in [-0.15, -0.1) is 0 Å². The minimum Gasteiger partial charge on any atom is -0.508 e. The molecule has 0 fully saturated rings. The number of carbonyl (C=O) groups excluding carboxylic acids is 3. The van der Waals surface area contributed by atoms with Crippen molar-refractivity contribution in [3.05, 3.63) is 65.9 Å². The number of phenolic OH excluding ortho intramolecular Hbond substituents is 1. The van der Waals surface area contributed by atoms with Crippen LogP contribution in [0.4, 0.5) is 0 Å². The van der Waals surface area contributed by atoms with Crippen LogP contribution in [0.2, 0.25) is 0 Å². The van der Waals surface area contributed by atoms with Gasteiger partial charge in [0, 0.05) is 42.9 Å². The van der Waals surface area contributed by atoms with Crippen LogP contribution < -0.4 is 33.2 Å². The molecule has 3 aromatic rings. The van der Waals surface area contributed by atoms with Gasteiger partial charge in [-0.1, -0.05) is 30.3 Å². The number of benzene rings is 2. The molecule has 13 N–H and O–H groups in total. The van der Waals surface area contributed by atoms with E-state index in [9.17, 15) is 34.2 Å². The van der Waals surface area contributed by atoms with E-state index in [-0.39, 0.29) is 56.8 Å². The molecule has 1 aromatic heterocycles. The molecule has 0 radical (unpaired) electrons. The average Bonchev–Trinajstić information content (AvgIpc) is 3.43. The Labute approximate surface area is 269 Å². The van der Waals surface area contributed by atoms with Crippen molar-refractivity contribution in [3.8, 4) is 5.75 Å². The van der Waals surface area contributed by atoms with Crippen LogP contribution in [0, 0.1) is 0 Å². The first kappa shape index (κ1) is 35.8. The van der Waals surface area contributed by atoms with Gasteiger partial charge >= 0.3 is 11.9 Å². The van der Waals surface area contributed by atoms with Gasteiger partial charge in [0.25, 0.3) is 0 Å². The maximum absolute atomic E-state index is 13.6. The first-order chi connectivity index (χ1) is 22.3. The number of aromatic nitrogens is 1. The highest BCUT2D eigenvalue weighted by Crippen LogP contribution is 2.19. The van der Waals surface area contributed by atoms with Gasteiger partial charge in [0.2, 0.25) is 17.7 Å². The molecule has 0 saturated heterocycles. The summed E-state index contributed by atoms with van der Waals surface area (Å²) in [6.07, 6.45) is 1.23. The number of guanidine groups is 1. The van der Waals surface area contributed by atoms with Crippen LogP contribution in [-0.2, 0) is 36.8 Å². The molecule has 3 rings (SSSR count). The van der Waals surface area contributed by atoms with Crippen LogP contribution in [0.15, 0.2) is 59.7 Å². The summed E-state index contributed by atoms with van der Waals surface area (Å²) < 4.78 is 0. The molecule has 4 atom stereocenters. The molecule has 0 bridgehead atoms. The summed E-state index contributed by atoms with van der Waals surface area (Å²) in [7, 11) is 0. The second-order valence-corrected chi connectivity index (χ2v) is 10.9. The summed E-state index contributed by atoms with van der Waals surface area (Å²) in [5.74, 6) is -5.00. The number of nitrogens with one attached hydrogen (secondary N) is 4. The van der Waals surface area contributed by atoms with Gasteiger partial charge in [0.05, 0.1) is 6.04 Å². The van der Waals surface area contributed by atoms with E-state index in [1.165, 1.54) is 12.1 Å². The van der Waals surface area contributed by atoms with E-state index in [1.54, 1.807) is 18.3 Å². The number of rotatable bonds is 18. The number of para-hydroxylation sites is 1. The molecule has 0 spiro atoms. The predicted octanol–water partition coefficient (Wildman–Crippen LogP) is -0.557. The van der Waals surface area contributed by atoms with E-state index < -0.39 is 53.8 Å². The standard InChI is InChI=1S/C31H40N8O8/c32-21(11-12-26(41)42)27(43)37-23(6-3-13-35-31(33)34)28(44)38-24(14-17-7-9-19(40)10-8-17)29(45)39-25(30(46)47)15-18-16-36-22-5-2-1-4-20(18)22/h1-2,4-5,7-10,16,21,23-25,36,40H,3,6,11-15,32H2,(H,37,43)(H,38,44)(H,39,45)(H,41,42)(H,46,47)(H4,33,34,35). The monoisotopic (exact) mass is 652 g/mol. The van der Waals surface area contributed by atoms with Crippen molar-refractivity contribution in [3.63, 3.8) is 0 Å². The normalized spacial score (nSPS) is 13.5. The quantitative estimate of drug-likeness (QED) is 0.0472. The van der Waals surface area contributed by atoms with Crippen LogP contribution in [0.3, 0.4) is 0 Å². The van der Waals surface area contributed by atoms with Gasteiger partial charge in [-0.3, -0.25) is 24.2 Å². The summed E-state index contributed by atoms with van der Waals surface area (Å²) >= 11 is 0. The highest BCUT2D eigenvalue weighted by atomic mass is 16.4. The SMILES string of the molecule is NC(N)=NCCCC(NC(=O)C(N)CCC(=O)O)C(=O)NC(Cc1ccc(O)cc1)C(=O)NC(Cc1c[nH]c2ccccc12)C(=O)O. The predicted molar refractivity (Wildman–Crippen MR) is 172 cm³/mol. The molecule has 0 aliphatic carbocycles. The fraction of sp³-hybridized carbons (Fsp3) is 0.355. The Morgan fingerprint density at radius 2 is 1.45 bits per heavy atom. The molecule has 16 nitrogen and oxygen atoms in total. The average molecular weight is 653 g/mol. The fourth-order valence-electron chi connectivity index (χ4n) is 4.80. The Bertz CT molecular complexity index is 1590. The zero-order valence-electron chi connectivity index (χ0n) is 25.5. The van der Waals surface area contributed by atoms with Gasteiger partial charge in [-0.05, 0) is 48.6 Å². The van der Waals surface area contributed by atoms with Crippen LogP contribution in [-0.4, -0.2) is 86.6 Å². The summed E-state index contributed by atoms with van der Waals surface area (Å²) in [5.41, 5.74) is 18.6. The number of carboxylic acid groups (broad SMARTS) is 2. The van der Waals surface area contributed by atoms with E-state index in [1.807, 2.05) is 24.3 Å². The third-order valence-corrected chi connectivity index (χ3v) is 7.31. The minimum absolute atomic E-state index is 0.0197. The molecule has 47 heavy (non-hydrogen) atoms. The first-order valence-corrected chi connectivity index (χ1v) is 14.8. The lowest BCUT2D eigenvalue weighted by Gasteiger charge is -2.25. The van der Waals surface area contributed by atoms with Crippen molar-refractivity contribution >= 4 is 46.5 Å². The molecule has 0 saturated carbocycles. The van der Waals surface area contributed by atoms with E-state index in [2.05, 4.69) is 25.9 Å². The second-order valence-electron chi connectivity index (χ2n) is 10.9. The van der Waals surface area contributed by atoms with Crippen molar-refractivity contribution in [2.24, 2.45) is 22.2 Å². The second kappa shape index (κ2) is 17.2. The number of aromatic hydroxyl groups is 1. The Morgan fingerprint density at radius 1 is 0.809 bits per heavy atom. The number of aliphatic carboxylic acids is 2. The van der Waals surface area contributed by atoms with Gasteiger partial charge in [0.1, 0.15) is 23.9 Å². The molecule has 16 heteroatoms. The van der Waals surface area contributed by atoms with Gasteiger partial charge in [-0.25, -0.2) is 4.79 Å². The number of aliphatic imine (C=N–C) groups is 1. The smallest absolute Gasteiger partial charge is 0.326 e. The zero-order chi connectivity index (χ0) is 34.5. The topological polar surface area (TPSA) is 288 Å². The number of nitrogens with zero attached hydrogens (tertiary/aromatic N) is 1. The Balaban J connectivity index is 1.83. The van der Waals surface area contributed by atoms with Crippen molar-refractivity contribution in [2.75, 3.05) is 6.54 Å². The molecule has 2 aromatic carbocycles.